The zero-order chi connectivity index (χ0) is 14.7. The van der Waals surface area contributed by atoms with Gasteiger partial charge in [-0.2, -0.15) is 0 Å². The van der Waals surface area contributed by atoms with Crippen molar-refractivity contribution in [1.82, 2.24) is 0 Å². The lowest BCUT2D eigenvalue weighted by molar-refractivity contribution is 0.0602. The van der Waals surface area contributed by atoms with Gasteiger partial charge in [-0.05, 0) is 37.0 Å². The zero-order valence-corrected chi connectivity index (χ0v) is 13.1. The van der Waals surface area contributed by atoms with Crippen LogP contribution in [0.2, 0.25) is 0 Å². The van der Waals surface area contributed by atoms with Gasteiger partial charge in [-0.15, -0.1) is 11.3 Å². The van der Waals surface area contributed by atoms with Gasteiger partial charge in [-0.1, -0.05) is 0 Å². The van der Waals surface area contributed by atoms with Gasteiger partial charge in [0.25, 0.3) is 0 Å². The third-order valence-corrected chi connectivity index (χ3v) is 4.93. The molecule has 4 nitrogen and oxygen atoms in total. The smallest absolute Gasteiger partial charge is 0.338 e. The van der Waals surface area contributed by atoms with E-state index in [0.29, 0.717) is 16.4 Å². The molecule has 108 valence electrons. The molecule has 0 aromatic carbocycles. The molecule has 0 unspecified atom stereocenters. The maximum absolute atomic E-state index is 11.8. The van der Waals surface area contributed by atoms with Gasteiger partial charge >= 0.3 is 5.97 Å². The van der Waals surface area contributed by atoms with Crippen molar-refractivity contribution < 1.29 is 14.3 Å². The number of nitrogens with zero attached hydrogens (tertiary/aromatic N) is 1. The second-order valence-electron chi connectivity index (χ2n) is 4.89. The summed E-state index contributed by atoms with van der Waals surface area (Å²) in [5, 5.41) is 1.08. The molecule has 1 aromatic rings. The maximum atomic E-state index is 11.8. The van der Waals surface area contributed by atoms with Crippen molar-refractivity contribution >= 4 is 34.9 Å². The Balaban J connectivity index is 2.32. The highest BCUT2D eigenvalue weighted by molar-refractivity contribution is 7.24. The first-order valence-electron chi connectivity index (χ1n) is 6.91. The van der Waals surface area contributed by atoms with Crippen LogP contribution in [0.25, 0.3) is 0 Å². The van der Waals surface area contributed by atoms with E-state index in [4.69, 9.17) is 17.3 Å². The molecule has 0 amide bonds. The first-order valence-corrected chi connectivity index (χ1v) is 7.73. The van der Waals surface area contributed by atoms with Crippen LogP contribution >= 0.6 is 11.3 Å². The van der Waals surface area contributed by atoms with Gasteiger partial charge in [-0.25, -0.2) is 4.79 Å². The fourth-order valence-corrected chi connectivity index (χ4v) is 3.92. The second-order valence-corrected chi connectivity index (χ2v) is 5.92. The molecular weight excluding hydrogens is 273 g/mol. The van der Waals surface area contributed by atoms with Crippen molar-refractivity contribution in [2.75, 3.05) is 31.8 Å². The molecule has 2 rings (SSSR count). The Morgan fingerprint density at radius 1 is 1.50 bits per heavy atom. The van der Waals surface area contributed by atoms with Crippen LogP contribution in [-0.2, 0) is 9.47 Å². The Morgan fingerprint density at radius 2 is 2.15 bits per heavy atom. The lowest BCUT2D eigenvalue weighted by Gasteiger charge is -2.34. The summed E-state index contributed by atoms with van der Waals surface area (Å²) in [5.74, 6) is -0.356. The van der Waals surface area contributed by atoms with Crippen molar-refractivity contribution in [3.63, 3.8) is 0 Å². The molecule has 0 bridgehead atoms. The summed E-state index contributed by atoms with van der Waals surface area (Å²) < 4.78 is 10.8. The molecule has 0 spiro atoms. The topological polar surface area (TPSA) is 38.8 Å². The van der Waals surface area contributed by atoms with E-state index in [1.54, 1.807) is 0 Å². The molecule has 0 atom stereocenters. The molecule has 1 aromatic heterocycles. The molecule has 1 saturated heterocycles. The number of thiophene rings is 1. The maximum Gasteiger partial charge on any atom is 0.338 e. The normalized spacial score (nSPS) is 16.1. The molecule has 2 heterocycles. The molecule has 1 aliphatic heterocycles. The third-order valence-electron chi connectivity index (χ3n) is 3.77. The third kappa shape index (κ3) is 2.86. The van der Waals surface area contributed by atoms with Crippen molar-refractivity contribution in [2.45, 2.75) is 32.7 Å². The van der Waals surface area contributed by atoms with E-state index in [1.165, 1.54) is 18.4 Å². The molecule has 0 aliphatic carbocycles. The van der Waals surface area contributed by atoms with Crippen LogP contribution in [-0.4, -0.2) is 46.7 Å². The minimum absolute atomic E-state index is 0.356. The number of hydrogen-bond acceptors (Lipinski definition) is 5. The Bertz CT molecular complexity index is 483. The Labute approximate surface area is 125 Å². The monoisotopic (exact) mass is 293 g/mol. The lowest BCUT2D eigenvalue weighted by Crippen LogP contribution is -2.39. The van der Waals surface area contributed by atoms with Crippen molar-refractivity contribution in [1.29, 1.82) is 0 Å². The molecule has 2 radical (unpaired) electrons. The summed E-state index contributed by atoms with van der Waals surface area (Å²) in [6.07, 6.45) is 2.03. The Hall–Kier alpha value is -1.01. The standard InChI is InChI=1S/C14H20BNO3S/c1-4-16(10-5-7-19-8-6-10)13-9(2)11(12(15)20-13)14(17)18-3/h10H,4-8H2,1-3H3. The van der Waals surface area contributed by atoms with Crippen LogP contribution in [0.1, 0.15) is 35.7 Å². The average Bonchev–Trinajstić information content (AvgIpc) is 2.75. The van der Waals surface area contributed by atoms with Gasteiger partial charge in [0.2, 0.25) is 0 Å². The van der Waals surface area contributed by atoms with E-state index < -0.39 is 0 Å². The van der Waals surface area contributed by atoms with Crippen LogP contribution in [0, 0.1) is 6.92 Å². The molecule has 20 heavy (non-hydrogen) atoms. The lowest BCUT2D eigenvalue weighted by atomic mass is 9.99. The van der Waals surface area contributed by atoms with E-state index in [0.717, 1.165) is 43.2 Å². The summed E-state index contributed by atoms with van der Waals surface area (Å²) in [4.78, 5) is 14.2. The quantitative estimate of drug-likeness (QED) is 0.625. The fourth-order valence-electron chi connectivity index (χ4n) is 2.72. The SMILES string of the molecule is [B]c1sc(N(CC)C2CCOCC2)c(C)c1C(=O)OC. The first kappa shape index (κ1) is 15.4. The number of carbonyl (C=O) groups is 1. The van der Waals surface area contributed by atoms with Crippen molar-refractivity contribution in [3.05, 3.63) is 11.1 Å². The molecule has 1 fully saturated rings. The predicted octanol–water partition coefficient (Wildman–Crippen LogP) is 1.64. The molecule has 6 heteroatoms. The summed E-state index contributed by atoms with van der Waals surface area (Å²) in [6, 6.07) is 0.455. The minimum Gasteiger partial charge on any atom is -0.465 e. The molecule has 1 aliphatic rings. The van der Waals surface area contributed by atoms with Crippen LogP contribution in [0.5, 0.6) is 0 Å². The number of anilines is 1. The summed E-state index contributed by atoms with van der Waals surface area (Å²) in [6.45, 7) is 6.56. The number of esters is 1. The number of rotatable bonds is 4. The first-order chi connectivity index (χ1) is 9.60. The van der Waals surface area contributed by atoms with Gasteiger partial charge in [0.15, 0.2) is 0 Å². The van der Waals surface area contributed by atoms with Gasteiger partial charge in [0.1, 0.15) is 7.85 Å². The van der Waals surface area contributed by atoms with Crippen molar-refractivity contribution in [2.24, 2.45) is 0 Å². The molecule has 0 saturated carbocycles. The Morgan fingerprint density at radius 3 is 2.70 bits per heavy atom. The zero-order valence-electron chi connectivity index (χ0n) is 12.3. The van der Waals surface area contributed by atoms with Crippen LogP contribution in [0.3, 0.4) is 0 Å². The van der Waals surface area contributed by atoms with E-state index in [9.17, 15) is 4.79 Å². The van der Waals surface area contributed by atoms with E-state index in [-0.39, 0.29) is 5.97 Å². The highest BCUT2D eigenvalue weighted by Crippen LogP contribution is 2.32. The largest absolute Gasteiger partial charge is 0.465 e. The molecule has 0 N–H and O–H groups in total. The highest BCUT2D eigenvalue weighted by atomic mass is 32.1. The van der Waals surface area contributed by atoms with E-state index >= 15 is 0 Å². The van der Waals surface area contributed by atoms with E-state index in [1.807, 2.05) is 6.92 Å². The van der Waals surface area contributed by atoms with Gasteiger partial charge in [0.05, 0.1) is 17.7 Å². The summed E-state index contributed by atoms with van der Waals surface area (Å²) in [5.41, 5.74) is 1.44. The van der Waals surface area contributed by atoms with Crippen LogP contribution < -0.4 is 9.68 Å². The second kappa shape index (κ2) is 6.63. The number of ether oxygens (including phenoxy) is 2. The number of hydrogen-bond donors (Lipinski definition) is 0. The van der Waals surface area contributed by atoms with Crippen LogP contribution in [0.4, 0.5) is 5.00 Å². The van der Waals surface area contributed by atoms with Gasteiger partial charge in [0, 0.05) is 25.8 Å². The van der Waals surface area contributed by atoms with E-state index in [2.05, 4.69) is 11.8 Å². The van der Waals surface area contributed by atoms with Gasteiger partial charge in [-0.3, -0.25) is 0 Å². The Kier molecular flexibility index (Phi) is 5.10. The van der Waals surface area contributed by atoms with Gasteiger partial charge < -0.3 is 14.4 Å². The van der Waals surface area contributed by atoms with Crippen molar-refractivity contribution in [3.8, 4) is 0 Å². The summed E-state index contributed by atoms with van der Waals surface area (Å²) >= 11 is 1.47. The highest BCUT2D eigenvalue weighted by Gasteiger charge is 2.26. The summed E-state index contributed by atoms with van der Waals surface area (Å²) in [7, 11) is 7.39. The minimum atomic E-state index is -0.356. The fraction of sp³-hybridized carbons (Fsp3) is 0.643. The average molecular weight is 293 g/mol. The number of methoxy groups -OCH3 is 1. The number of carbonyl (C=O) groups excluding carboxylic acids is 1. The van der Waals surface area contributed by atoms with Crippen LogP contribution in [0.15, 0.2) is 0 Å². The molecular formula is C14H20BNO3S. The predicted molar refractivity (Wildman–Crippen MR) is 82.6 cm³/mol.